The van der Waals surface area contributed by atoms with E-state index in [-0.39, 0.29) is 18.0 Å². The number of urea groups is 1. The minimum absolute atomic E-state index is 0.0701. The molecule has 2 aliphatic rings. The summed E-state index contributed by atoms with van der Waals surface area (Å²) in [6.45, 7) is 3.77. The van der Waals surface area contributed by atoms with Crippen LogP contribution in [-0.2, 0) is 0 Å². The third-order valence-corrected chi connectivity index (χ3v) is 5.23. The van der Waals surface area contributed by atoms with Gasteiger partial charge in [0, 0.05) is 30.4 Å². The van der Waals surface area contributed by atoms with Gasteiger partial charge in [0.2, 0.25) is 0 Å². The maximum absolute atomic E-state index is 12.8. The van der Waals surface area contributed by atoms with Gasteiger partial charge in [-0.05, 0) is 49.9 Å². The van der Waals surface area contributed by atoms with E-state index >= 15 is 0 Å². The second kappa shape index (κ2) is 7.21. The van der Waals surface area contributed by atoms with Gasteiger partial charge in [-0.15, -0.1) is 0 Å². The number of hydrogen-bond acceptors (Lipinski definition) is 3. The molecule has 3 amide bonds. The van der Waals surface area contributed by atoms with Crippen LogP contribution in [0.2, 0.25) is 0 Å². The molecule has 0 spiro atoms. The van der Waals surface area contributed by atoms with Crippen molar-refractivity contribution in [2.45, 2.75) is 38.6 Å². The molecule has 2 atom stereocenters. The molecule has 2 fully saturated rings. The highest BCUT2D eigenvalue weighted by atomic mass is 16.2. The predicted octanol–water partition coefficient (Wildman–Crippen LogP) is 1.77. The van der Waals surface area contributed by atoms with Gasteiger partial charge in [-0.1, -0.05) is 18.9 Å². The number of nitrogens with one attached hydrogen (secondary N) is 2. The standard InChI is InChI=1S/C18H26N4O2/c1-12-14(6-4-8-16(12)22-10-9-20-18(22)24)17(23)21-15-7-3-2-5-13(15)11-19/h4,6,8,13,15H,2-3,5,7,9-11,19H2,1H3,(H,20,24)(H,21,23)/t13-,15-/m1/s1. The number of nitrogens with zero attached hydrogens (tertiary/aromatic N) is 1. The molecule has 0 bridgehead atoms. The Hall–Kier alpha value is -2.08. The van der Waals surface area contributed by atoms with Crippen molar-refractivity contribution in [1.82, 2.24) is 10.6 Å². The fraction of sp³-hybridized carbons (Fsp3) is 0.556. The number of amides is 3. The van der Waals surface area contributed by atoms with Gasteiger partial charge in [0.1, 0.15) is 0 Å². The lowest BCUT2D eigenvalue weighted by Gasteiger charge is -2.31. The van der Waals surface area contributed by atoms with Gasteiger partial charge in [-0.3, -0.25) is 9.69 Å². The van der Waals surface area contributed by atoms with Crippen LogP contribution in [0.1, 0.15) is 41.6 Å². The monoisotopic (exact) mass is 330 g/mol. The number of nitrogens with two attached hydrogens (primary N) is 1. The topological polar surface area (TPSA) is 87.5 Å². The van der Waals surface area contributed by atoms with Crippen molar-refractivity contribution in [3.63, 3.8) is 0 Å². The maximum Gasteiger partial charge on any atom is 0.322 e. The van der Waals surface area contributed by atoms with Gasteiger partial charge in [0.15, 0.2) is 0 Å². The molecule has 6 nitrogen and oxygen atoms in total. The van der Waals surface area contributed by atoms with Gasteiger partial charge >= 0.3 is 6.03 Å². The molecule has 3 rings (SSSR count). The Morgan fingerprint density at radius 3 is 2.88 bits per heavy atom. The molecule has 1 aromatic carbocycles. The van der Waals surface area contributed by atoms with Crippen LogP contribution in [0.15, 0.2) is 18.2 Å². The Morgan fingerprint density at radius 2 is 2.17 bits per heavy atom. The Kier molecular flexibility index (Phi) is 5.04. The molecule has 1 heterocycles. The zero-order valence-electron chi connectivity index (χ0n) is 14.2. The summed E-state index contributed by atoms with van der Waals surface area (Å²) in [5, 5.41) is 5.96. The average molecular weight is 330 g/mol. The van der Waals surface area contributed by atoms with Crippen molar-refractivity contribution in [3.8, 4) is 0 Å². The van der Waals surface area contributed by atoms with E-state index in [0.29, 0.717) is 31.1 Å². The van der Waals surface area contributed by atoms with Crippen molar-refractivity contribution in [2.24, 2.45) is 11.7 Å². The summed E-state index contributed by atoms with van der Waals surface area (Å²) in [5.74, 6) is 0.287. The van der Waals surface area contributed by atoms with E-state index in [1.807, 2.05) is 25.1 Å². The lowest BCUT2D eigenvalue weighted by molar-refractivity contribution is 0.0907. The number of hydrogen-bond donors (Lipinski definition) is 3. The number of benzene rings is 1. The van der Waals surface area contributed by atoms with Gasteiger partial charge in [0.25, 0.3) is 5.91 Å². The molecule has 4 N–H and O–H groups in total. The minimum Gasteiger partial charge on any atom is -0.349 e. The fourth-order valence-electron chi connectivity index (χ4n) is 3.79. The summed E-state index contributed by atoms with van der Waals surface area (Å²) in [5.41, 5.74) is 8.13. The van der Waals surface area contributed by atoms with Gasteiger partial charge in [0.05, 0.1) is 0 Å². The lowest BCUT2D eigenvalue weighted by Crippen LogP contribution is -2.45. The molecule has 0 radical (unpaired) electrons. The number of carbonyl (C=O) groups excluding carboxylic acids is 2. The smallest absolute Gasteiger partial charge is 0.322 e. The Labute approximate surface area is 142 Å². The van der Waals surface area contributed by atoms with Crippen LogP contribution < -0.4 is 21.3 Å². The van der Waals surface area contributed by atoms with Gasteiger partial charge < -0.3 is 16.4 Å². The first-order valence-electron chi connectivity index (χ1n) is 8.77. The normalized spacial score (nSPS) is 23.9. The van der Waals surface area contributed by atoms with Crippen LogP contribution in [0.25, 0.3) is 0 Å². The summed E-state index contributed by atoms with van der Waals surface area (Å²) in [6, 6.07) is 5.59. The largest absolute Gasteiger partial charge is 0.349 e. The van der Waals surface area contributed by atoms with Crippen molar-refractivity contribution in [3.05, 3.63) is 29.3 Å². The third-order valence-electron chi connectivity index (χ3n) is 5.23. The highest BCUT2D eigenvalue weighted by molar-refractivity contribution is 6.00. The van der Waals surface area contributed by atoms with Crippen molar-refractivity contribution in [1.29, 1.82) is 0 Å². The first-order valence-corrected chi connectivity index (χ1v) is 8.77. The van der Waals surface area contributed by atoms with Crippen LogP contribution in [0, 0.1) is 12.8 Å². The van der Waals surface area contributed by atoms with Crippen molar-refractivity contribution in [2.75, 3.05) is 24.5 Å². The van der Waals surface area contributed by atoms with Crippen LogP contribution >= 0.6 is 0 Å². The molecule has 130 valence electrons. The maximum atomic E-state index is 12.8. The first-order chi connectivity index (χ1) is 11.6. The molecule has 1 aliphatic carbocycles. The summed E-state index contributed by atoms with van der Waals surface area (Å²) in [6.07, 6.45) is 4.39. The molecule has 1 saturated heterocycles. The number of carbonyl (C=O) groups is 2. The predicted molar refractivity (Wildman–Crippen MR) is 94.2 cm³/mol. The Balaban J connectivity index is 1.78. The quantitative estimate of drug-likeness (QED) is 0.786. The minimum atomic E-state index is -0.105. The first kappa shape index (κ1) is 16.8. The van der Waals surface area contributed by atoms with E-state index in [1.165, 1.54) is 6.42 Å². The van der Waals surface area contributed by atoms with Gasteiger partial charge in [-0.25, -0.2) is 4.79 Å². The molecular formula is C18H26N4O2. The summed E-state index contributed by atoms with van der Waals surface area (Å²) < 4.78 is 0. The van der Waals surface area contributed by atoms with Crippen molar-refractivity contribution < 1.29 is 9.59 Å². The van der Waals surface area contributed by atoms with Gasteiger partial charge in [-0.2, -0.15) is 0 Å². The average Bonchev–Trinajstić information content (AvgIpc) is 3.01. The molecule has 6 heteroatoms. The second-order valence-electron chi connectivity index (χ2n) is 6.69. The summed E-state index contributed by atoms with van der Waals surface area (Å²) in [4.78, 5) is 26.4. The zero-order valence-corrected chi connectivity index (χ0v) is 14.2. The van der Waals surface area contributed by atoms with E-state index < -0.39 is 0 Å². The lowest BCUT2D eigenvalue weighted by atomic mass is 9.84. The molecule has 0 unspecified atom stereocenters. The highest BCUT2D eigenvalue weighted by Gasteiger charge is 2.28. The van der Waals surface area contributed by atoms with E-state index in [4.69, 9.17) is 5.73 Å². The zero-order chi connectivity index (χ0) is 17.1. The van der Waals surface area contributed by atoms with E-state index in [2.05, 4.69) is 10.6 Å². The molecule has 0 aromatic heterocycles. The Morgan fingerprint density at radius 1 is 1.38 bits per heavy atom. The van der Waals surface area contributed by atoms with Crippen LogP contribution in [0.3, 0.4) is 0 Å². The second-order valence-corrected chi connectivity index (χ2v) is 6.69. The fourth-order valence-corrected chi connectivity index (χ4v) is 3.79. The molecule has 1 saturated carbocycles. The molecular weight excluding hydrogens is 304 g/mol. The molecule has 24 heavy (non-hydrogen) atoms. The molecule has 1 aliphatic heterocycles. The third kappa shape index (κ3) is 3.24. The van der Waals surface area contributed by atoms with E-state index in [1.54, 1.807) is 4.90 Å². The van der Waals surface area contributed by atoms with E-state index in [9.17, 15) is 9.59 Å². The van der Waals surface area contributed by atoms with Crippen LogP contribution in [-0.4, -0.2) is 37.6 Å². The number of rotatable bonds is 4. The highest BCUT2D eigenvalue weighted by Crippen LogP contribution is 2.27. The number of anilines is 1. The Bertz CT molecular complexity index is 631. The van der Waals surface area contributed by atoms with E-state index in [0.717, 1.165) is 30.5 Å². The summed E-state index contributed by atoms with van der Waals surface area (Å²) >= 11 is 0. The van der Waals surface area contributed by atoms with Crippen LogP contribution in [0.4, 0.5) is 10.5 Å². The SMILES string of the molecule is Cc1c(C(=O)N[C@@H]2CCCC[C@@H]2CN)cccc1N1CCNC1=O. The molecule has 1 aromatic rings. The van der Waals surface area contributed by atoms with Crippen LogP contribution in [0.5, 0.6) is 0 Å². The summed E-state index contributed by atoms with van der Waals surface area (Å²) in [7, 11) is 0. The van der Waals surface area contributed by atoms with Crippen molar-refractivity contribution >= 4 is 17.6 Å².